The van der Waals surface area contributed by atoms with Crippen LogP contribution in [0.25, 0.3) is 16.9 Å². The first kappa shape index (κ1) is 46.0. The number of carbonyl (C=O) groups is 2. The van der Waals surface area contributed by atoms with Crippen LogP contribution in [0.1, 0.15) is 123 Å². The van der Waals surface area contributed by atoms with Crippen molar-refractivity contribution < 1.29 is 23.8 Å². The van der Waals surface area contributed by atoms with Crippen molar-refractivity contribution >= 4 is 17.6 Å². The van der Waals surface area contributed by atoms with Crippen LogP contribution >= 0.6 is 0 Å². The SMILES string of the molecule is CC.CC.CC1CCCC1.COc1cccc(OC)c1-c1cc(C(=O)NCC(=O)OC(C)(C)C)nn1-c1ccc(NCCCN(C)C)cc1C(C)C. The Balaban J connectivity index is 0.00000119. The van der Waals surface area contributed by atoms with Crippen molar-refractivity contribution in [1.29, 1.82) is 0 Å². The number of ether oxygens (including phenoxy) is 3. The van der Waals surface area contributed by atoms with E-state index in [2.05, 4.69) is 56.5 Å². The highest BCUT2D eigenvalue weighted by atomic mass is 16.6. The van der Waals surface area contributed by atoms with E-state index in [1.165, 1.54) is 25.7 Å². The molecule has 0 aliphatic heterocycles. The second kappa shape index (κ2) is 23.5. The van der Waals surface area contributed by atoms with Crippen molar-refractivity contribution in [3.63, 3.8) is 0 Å². The number of hydrogen-bond donors (Lipinski definition) is 2. The molecule has 292 valence electrons. The molecular weight excluding hydrogens is 654 g/mol. The van der Waals surface area contributed by atoms with Gasteiger partial charge < -0.3 is 29.7 Å². The van der Waals surface area contributed by atoms with Crippen LogP contribution in [0.15, 0.2) is 42.5 Å². The minimum Gasteiger partial charge on any atom is -0.496 e. The molecule has 4 rings (SSSR count). The van der Waals surface area contributed by atoms with Gasteiger partial charge in [0.2, 0.25) is 0 Å². The summed E-state index contributed by atoms with van der Waals surface area (Å²) in [6, 6.07) is 13.3. The maximum absolute atomic E-state index is 13.2. The zero-order valence-corrected chi connectivity index (χ0v) is 34.7. The van der Waals surface area contributed by atoms with Crippen molar-refractivity contribution in [2.45, 2.75) is 113 Å². The molecule has 10 nitrogen and oxygen atoms in total. The van der Waals surface area contributed by atoms with E-state index >= 15 is 0 Å². The van der Waals surface area contributed by atoms with Crippen LogP contribution < -0.4 is 20.1 Å². The summed E-state index contributed by atoms with van der Waals surface area (Å²) < 4.78 is 18.5. The van der Waals surface area contributed by atoms with Crippen molar-refractivity contribution in [1.82, 2.24) is 20.0 Å². The largest absolute Gasteiger partial charge is 0.496 e. The van der Waals surface area contributed by atoms with Crippen molar-refractivity contribution in [2.75, 3.05) is 53.3 Å². The van der Waals surface area contributed by atoms with Crippen LogP contribution in [0, 0.1) is 5.92 Å². The van der Waals surface area contributed by atoms with E-state index in [4.69, 9.17) is 19.3 Å². The van der Waals surface area contributed by atoms with Gasteiger partial charge in [-0.2, -0.15) is 5.10 Å². The Labute approximate surface area is 315 Å². The third-order valence-corrected chi connectivity index (χ3v) is 8.07. The molecule has 2 aromatic carbocycles. The van der Waals surface area contributed by atoms with Gasteiger partial charge in [-0.1, -0.05) is 80.2 Å². The van der Waals surface area contributed by atoms with E-state index in [-0.39, 0.29) is 18.2 Å². The smallest absolute Gasteiger partial charge is 0.325 e. The van der Waals surface area contributed by atoms with E-state index in [0.29, 0.717) is 22.8 Å². The lowest BCUT2D eigenvalue weighted by Crippen LogP contribution is -2.34. The van der Waals surface area contributed by atoms with Gasteiger partial charge >= 0.3 is 5.97 Å². The number of nitrogens with one attached hydrogen (secondary N) is 2. The number of rotatable bonds is 13. The molecule has 0 radical (unpaired) electrons. The summed E-state index contributed by atoms with van der Waals surface area (Å²) in [5.74, 6) is 1.32. The molecule has 1 fully saturated rings. The van der Waals surface area contributed by atoms with Gasteiger partial charge in [0.15, 0.2) is 5.69 Å². The van der Waals surface area contributed by atoms with Gasteiger partial charge in [0.25, 0.3) is 5.91 Å². The summed E-state index contributed by atoms with van der Waals surface area (Å²) in [6.07, 6.45) is 6.97. The van der Waals surface area contributed by atoms with Crippen LogP contribution in [-0.2, 0) is 9.53 Å². The molecule has 0 bridgehead atoms. The fourth-order valence-corrected chi connectivity index (χ4v) is 5.66. The van der Waals surface area contributed by atoms with Crippen molar-refractivity contribution in [3.8, 4) is 28.4 Å². The van der Waals surface area contributed by atoms with Crippen LogP contribution in [-0.4, -0.2) is 80.1 Å². The Hall–Kier alpha value is -4.05. The highest BCUT2D eigenvalue weighted by Crippen LogP contribution is 2.40. The van der Waals surface area contributed by atoms with Crippen molar-refractivity contribution in [3.05, 3.63) is 53.7 Å². The Kier molecular flexibility index (Phi) is 20.8. The average Bonchev–Trinajstić information content (AvgIpc) is 3.79. The first-order valence-corrected chi connectivity index (χ1v) is 19.1. The molecule has 1 amide bonds. The molecule has 0 spiro atoms. The van der Waals surface area contributed by atoms with Gasteiger partial charge in [0, 0.05) is 12.2 Å². The minimum absolute atomic E-state index is 0.141. The van der Waals surface area contributed by atoms with Gasteiger partial charge in [-0.3, -0.25) is 9.59 Å². The summed E-state index contributed by atoms with van der Waals surface area (Å²) in [5.41, 5.74) is 3.63. The number of esters is 1. The number of carbonyl (C=O) groups excluding carboxylic acids is 2. The standard InChI is InChI=1S/C32H45N5O5.C6H12.2C2H6/c1-21(2)23-18-22(33-16-11-17-36(6)7)14-15-25(23)37-26(30-27(40-8)12-10-13-28(30)41-9)19-24(35-37)31(39)34-20-29(38)42-32(3,4)5;1-6-4-2-3-5-6;2*1-2/h10,12-15,18-19,21,33H,11,16-17,20H2,1-9H3,(H,34,39);6H,2-5H2,1H3;2*1-2H3. The van der Waals surface area contributed by atoms with E-state index in [1.807, 2.05) is 58.0 Å². The molecule has 0 atom stereocenters. The third kappa shape index (κ3) is 14.9. The Bertz CT molecular complexity index is 1460. The van der Waals surface area contributed by atoms with E-state index in [1.54, 1.807) is 45.7 Å². The Morgan fingerprint density at radius 3 is 2.04 bits per heavy atom. The Morgan fingerprint density at radius 2 is 1.56 bits per heavy atom. The Morgan fingerprint density at radius 1 is 0.962 bits per heavy atom. The summed E-state index contributed by atoms with van der Waals surface area (Å²) in [6.45, 7) is 21.5. The second-order valence-corrected chi connectivity index (χ2v) is 14.0. The average molecular weight is 724 g/mol. The molecule has 3 aromatic rings. The van der Waals surface area contributed by atoms with Gasteiger partial charge in [0.05, 0.1) is 31.2 Å². The lowest BCUT2D eigenvalue weighted by molar-refractivity contribution is -0.153. The lowest BCUT2D eigenvalue weighted by Gasteiger charge is -2.19. The number of aromatic nitrogens is 2. The number of benzene rings is 2. The predicted molar refractivity (Wildman–Crippen MR) is 216 cm³/mol. The fourth-order valence-electron chi connectivity index (χ4n) is 5.66. The van der Waals surface area contributed by atoms with Crippen LogP contribution in [0.5, 0.6) is 11.5 Å². The van der Waals surface area contributed by atoms with E-state index in [9.17, 15) is 9.59 Å². The highest BCUT2D eigenvalue weighted by Gasteiger charge is 2.25. The third-order valence-electron chi connectivity index (χ3n) is 8.07. The summed E-state index contributed by atoms with van der Waals surface area (Å²) in [4.78, 5) is 27.7. The molecular formula is C42H69N5O5. The molecule has 1 aliphatic carbocycles. The topological polar surface area (TPSA) is 107 Å². The van der Waals surface area contributed by atoms with Crippen LogP contribution in [0.2, 0.25) is 0 Å². The number of nitrogens with zero attached hydrogens (tertiary/aromatic N) is 3. The molecule has 1 aromatic heterocycles. The summed E-state index contributed by atoms with van der Waals surface area (Å²) in [7, 11) is 7.31. The van der Waals surface area contributed by atoms with Crippen molar-refractivity contribution in [2.24, 2.45) is 5.92 Å². The van der Waals surface area contributed by atoms with Gasteiger partial charge in [-0.05, 0) is 102 Å². The maximum Gasteiger partial charge on any atom is 0.325 e. The molecule has 1 aliphatic rings. The molecule has 1 saturated carbocycles. The molecule has 0 unspecified atom stereocenters. The zero-order valence-electron chi connectivity index (χ0n) is 34.7. The quantitative estimate of drug-likeness (QED) is 0.133. The van der Waals surface area contributed by atoms with Gasteiger partial charge in [-0.25, -0.2) is 4.68 Å². The summed E-state index contributed by atoms with van der Waals surface area (Å²) in [5, 5.41) is 10.9. The first-order valence-electron chi connectivity index (χ1n) is 19.1. The van der Waals surface area contributed by atoms with Crippen LogP contribution in [0.3, 0.4) is 0 Å². The molecule has 1 heterocycles. The number of hydrogen-bond acceptors (Lipinski definition) is 8. The first-order chi connectivity index (χ1) is 24.7. The molecule has 10 heteroatoms. The highest BCUT2D eigenvalue weighted by molar-refractivity contribution is 5.96. The number of amides is 1. The fraction of sp³-hybridized carbons (Fsp3) is 0.595. The minimum atomic E-state index is -0.655. The molecule has 52 heavy (non-hydrogen) atoms. The molecule has 2 N–H and O–H groups in total. The monoisotopic (exact) mass is 724 g/mol. The molecule has 0 saturated heterocycles. The van der Waals surface area contributed by atoms with E-state index < -0.39 is 17.5 Å². The zero-order chi connectivity index (χ0) is 39.4. The maximum atomic E-state index is 13.2. The van der Waals surface area contributed by atoms with Gasteiger partial charge in [0.1, 0.15) is 23.6 Å². The van der Waals surface area contributed by atoms with Gasteiger partial charge in [-0.15, -0.1) is 0 Å². The second-order valence-electron chi connectivity index (χ2n) is 14.0. The number of anilines is 1. The van der Waals surface area contributed by atoms with E-state index in [0.717, 1.165) is 42.4 Å². The number of methoxy groups -OCH3 is 2. The predicted octanol–water partition coefficient (Wildman–Crippen LogP) is 9.36. The lowest BCUT2D eigenvalue weighted by atomic mass is 9.99. The normalized spacial score (nSPS) is 12.5. The van der Waals surface area contributed by atoms with Crippen LogP contribution in [0.4, 0.5) is 5.69 Å². The summed E-state index contributed by atoms with van der Waals surface area (Å²) >= 11 is 0.